The average molecular weight is 451 g/mol. The minimum atomic E-state index is -0.482. The molecule has 0 aliphatic heterocycles. The molecule has 0 saturated carbocycles. The number of carbonyl (C=O) groups excluding carboxylic acids is 1. The number of hydrogen-bond donors (Lipinski definition) is 1. The highest BCUT2D eigenvalue weighted by Crippen LogP contribution is 2.25. The zero-order valence-corrected chi connectivity index (χ0v) is 17.0. The van der Waals surface area contributed by atoms with Gasteiger partial charge >= 0.3 is 0 Å². The van der Waals surface area contributed by atoms with Crippen LogP contribution in [0.4, 0.5) is 5.13 Å². The predicted octanol–water partition coefficient (Wildman–Crippen LogP) is 3.87. The van der Waals surface area contributed by atoms with Crippen LogP contribution in [0.1, 0.15) is 22.8 Å². The minimum Gasteiger partial charge on any atom is -0.310 e. The monoisotopic (exact) mass is 450 g/mol. The maximum absolute atomic E-state index is 12.6. The summed E-state index contributed by atoms with van der Waals surface area (Å²) >= 11 is 6.23. The van der Waals surface area contributed by atoms with Crippen molar-refractivity contribution in [1.82, 2.24) is 14.8 Å². The van der Waals surface area contributed by atoms with E-state index < -0.39 is 5.91 Å². The average Bonchev–Trinajstić information content (AvgIpc) is 3.06. The van der Waals surface area contributed by atoms with Crippen LogP contribution in [0.5, 0.6) is 0 Å². The standard InChI is InChI=1S/C17H15BrN4O2S2/c1-2-25-17-21-20-16(26-17)19-14(23)13-4-3-9-22(15(13)24)10-11-5-7-12(18)8-6-11/h3-9H,2,10H2,1H3,(H,19,20,23). The molecule has 9 heteroatoms. The van der Waals surface area contributed by atoms with E-state index in [1.165, 1.54) is 22.0 Å². The zero-order chi connectivity index (χ0) is 18.5. The number of anilines is 1. The number of benzene rings is 1. The van der Waals surface area contributed by atoms with Crippen molar-refractivity contribution >= 4 is 50.1 Å². The van der Waals surface area contributed by atoms with E-state index in [1.54, 1.807) is 24.0 Å². The topological polar surface area (TPSA) is 76.9 Å². The first kappa shape index (κ1) is 18.8. The van der Waals surface area contributed by atoms with Crippen molar-refractivity contribution in [3.63, 3.8) is 0 Å². The fourth-order valence-electron chi connectivity index (χ4n) is 2.23. The van der Waals surface area contributed by atoms with Crippen LogP contribution >= 0.6 is 39.0 Å². The van der Waals surface area contributed by atoms with Gasteiger partial charge in [0.2, 0.25) is 5.13 Å². The molecule has 0 aliphatic rings. The van der Waals surface area contributed by atoms with E-state index in [1.807, 2.05) is 31.2 Å². The third kappa shape index (κ3) is 4.60. The van der Waals surface area contributed by atoms with Crippen molar-refractivity contribution in [2.45, 2.75) is 17.8 Å². The second-order valence-corrected chi connectivity index (χ2v) is 8.65. The summed E-state index contributed by atoms with van der Waals surface area (Å²) in [6, 6.07) is 10.9. The lowest BCUT2D eigenvalue weighted by atomic mass is 10.2. The van der Waals surface area contributed by atoms with Gasteiger partial charge in [-0.25, -0.2) is 0 Å². The van der Waals surface area contributed by atoms with Gasteiger partial charge in [-0.1, -0.05) is 58.1 Å². The van der Waals surface area contributed by atoms with Gasteiger partial charge in [0.25, 0.3) is 11.5 Å². The summed E-state index contributed by atoms with van der Waals surface area (Å²) < 4.78 is 3.26. The van der Waals surface area contributed by atoms with Crippen molar-refractivity contribution in [2.75, 3.05) is 11.1 Å². The summed E-state index contributed by atoms with van der Waals surface area (Å²) in [6.45, 7) is 2.41. The van der Waals surface area contributed by atoms with E-state index in [0.29, 0.717) is 11.7 Å². The zero-order valence-electron chi connectivity index (χ0n) is 13.8. The van der Waals surface area contributed by atoms with Crippen LogP contribution in [0, 0.1) is 0 Å². The quantitative estimate of drug-likeness (QED) is 0.455. The largest absolute Gasteiger partial charge is 0.310 e. The van der Waals surface area contributed by atoms with E-state index in [2.05, 4.69) is 31.4 Å². The van der Waals surface area contributed by atoms with Gasteiger partial charge in [-0.3, -0.25) is 14.9 Å². The normalized spacial score (nSPS) is 10.7. The lowest BCUT2D eigenvalue weighted by Crippen LogP contribution is -2.29. The molecule has 1 amide bonds. The molecular formula is C17H15BrN4O2S2. The number of nitrogens with zero attached hydrogens (tertiary/aromatic N) is 3. The summed E-state index contributed by atoms with van der Waals surface area (Å²) in [6.07, 6.45) is 1.67. The molecule has 26 heavy (non-hydrogen) atoms. The summed E-state index contributed by atoms with van der Waals surface area (Å²) in [5.74, 6) is 0.395. The van der Waals surface area contributed by atoms with Crippen molar-refractivity contribution in [3.8, 4) is 0 Å². The number of amides is 1. The molecule has 0 aliphatic carbocycles. The number of nitrogens with one attached hydrogen (secondary N) is 1. The van der Waals surface area contributed by atoms with Gasteiger partial charge in [0, 0.05) is 10.7 Å². The molecule has 0 radical (unpaired) electrons. The second kappa shape index (κ2) is 8.61. The molecule has 1 N–H and O–H groups in total. The number of rotatable bonds is 6. The Labute approximate surface area is 166 Å². The third-order valence-corrected chi connectivity index (χ3v) is 5.81. The Bertz CT molecular complexity index is 969. The Morgan fingerprint density at radius 3 is 2.77 bits per heavy atom. The Kier molecular flexibility index (Phi) is 6.23. The van der Waals surface area contributed by atoms with Gasteiger partial charge < -0.3 is 4.57 Å². The maximum Gasteiger partial charge on any atom is 0.263 e. The number of pyridine rings is 1. The van der Waals surface area contributed by atoms with E-state index in [-0.39, 0.29) is 11.1 Å². The molecule has 0 saturated heterocycles. The summed E-state index contributed by atoms with van der Waals surface area (Å²) in [7, 11) is 0. The smallest absolute Gasteiger partial charge is 0.263 e. The van der Waals surface area contributed by atoms with Crippen LogP contribution in [0.2, 0.25) is 0 Å². The predicted molar refractivity (Wildman–Crippen MR) is 108 cm³/mol. The summed E-state index contributed by atoms with van der Waals surface area (Å²) in [5, 5.41) is 10.9. The fourth-order valence-corrected chi connectivity index (χ4v) is 4.14. The molecule has 0 spiro atoms. The van der Waals surface area contributed by atoms with E-state index in [4.69, 9.17) is 0 Å². The van der Waals surface area contributed by atoms with Crippen molar-refractivity contribution < 1.29 is 4.79 Å². The molecule has 2 aromatic heterocycles. The lowest BCUT2D eigenvalue weighted by molar-refractivity contribution is 0.102. The minimum absolute atomic E-state index is 0.0736. The second-order valence-electron chi connectivity index (χ2n) is 5.24. The third-order valence-electron chi connectivity index (χ3n) is 3.43. The van der Waals surface area contributed by atoms with E-state index in [9.17, 15) is 9.59 Å². The van der Waals surface area contributed by atoms with E-state index in [0.717, 1.165) is 20.1 Å². The van der Waals surface area contributed by atoms with E-state index >= 15 is 0 Å². The Morgan fingerprint density at radius 2 is 2.04 bits per heavy atom. The molecule has 1 aromatic carbocycles. The van der Waals surface area contributed by atoms with Gasteiger partial charge in [-0.2, -0.15) is 0 Å². The number of carbonyl (C=O) groups is 1. The first-order valence-corrected chi connectivity index (χ1v) is 10.4. The van der Waals surface area contributed by atoms with Crippen molar-refractivity contribution in [2.24, 2.45) is 0 Å². The molecule has 3 rings (SSSR count). The summed E-state index contributed by atoms with van der Waals surface area (Å²) in [5.41, 5.74) is 0.698. The Morgan fingerprint density at radius 1 is 1.27 bits per heavy atom. The van der Waals surface area contributed by atoms with Crippen LogP contribution in [0.15, 0.2) is 56.2 Å². The molecular weight excluding hydrogens is 436 g/mol. The Balaban J connectivity index is 1.78. The molecule has 0 fully saturated rings. The van der Waals surface area contributed by atoms with Crippen LogP contribution < -0.4 is 10.9 Å². The Hall–Kier alpha value is -1.97. The number of thioether (sulfide) groups is 1. The molecule has 0 unspecified atom stereocenters. The van der Waals surface area contributed by atoms with Gasteiger partial charge in [-0.05, 0) is 35.6 Å². The van der Waals surface area contributed by atoms with Crippen molar-refractivity contribution in [3.05, 3.63) is 68.5 Å². The van der Waals surface area contributed by atoms with Gasteiger partial charge in [-0.15, -0.1) is 10.2 Å². The first-order valence-electron chi connectivity index (χ1n) is 7.78. The molecule has 2 heterocycles. The van der Waals surface area contributed by atoms with Gasteiger partial charge in [0.05, 0.1) is 6.54 Å². The number of hydrogen-bond acceptors (Lipinski definition) is 6. The SMILES string of the molecule is CCSc1nnc(NC(=O)c2cccn(Cc3ccc(Br)cc3)c2=O)s1. The molecule has 0 bridgehead atoms. The molecule has 134 valence electrons. The van der Waals surface area contributed by atoms with Gasteiger partial charge in [0.15, 0.2) is 4.34 Å². The molecule has 0 atom stereocenters. The molecule has 6 nitrogen and oxygen atoms in total. The van der Waals surface area contributed by atoms with Crippen molar-refractivity contribution in [1.29, 1.82) is 0 Å². The number of aromatic nitrogens is 3. The maximum atomic E-state index is 12.6. The lowest BCUT2D eigenvalue weighted by Gasteiger charge is -2.08. The highest BCUT2D eigenvalue weighted by Gasteiger charge is 2.15. The summed E-state index contributed by atoms with van der Waals surface area (Å²) in [4.78, 5) is 25.1. The van der Waals surface area contributed by atoms with Crippen LogP contribution in [0.3, 0.4) is 0 Å². The van der Waals surface area contributed by atoms with Gasteiger partial charge in [0.1, 0.15) is 5.56 Å². The molecule has 3 aromatic rings. The highest BCUT2D eigenvalue weighted by atomic mass is 79.9. The highest BCUT2D eigenvalue weighted by molar-refractivity contribution is 9.10. The number of halogens is 1. The van der Waals surface area contributed by atoms with Crippen LogP contribution in [0.25, 0.3) is 0 Å². The first-order chi connectivity index (χ1) is 12.6. The fraction of sp³-hybridized carbons (Fsp3) is 0.176. The van der Waals surface area contributed by atoms with Crippen LogP contribution in [-0.4, -0.2) is 26.4 Å². The van der Waals surface area contributed by atoms with Crippen LogP contribution in [-0.2, 0) is 6.54 Å².